The quantitative estimate of drug-likeness (QED) is 0.694. The van der Waals surface area contributed by atoms with Gasteiger partial charge >= 0.3 is 0 Å². The van der Waals surface area contributed by atoms with E-state index in [4.69, 9.17) is 9.47 Å². The molecule has 2 unspecified atom stereocenters. The van der Waals surface area contributed by atoms with Gasteiger partial charge in [-0.25, -0.2) is 4.39 Å². The molecule has 2 fully saturated rings. The van der Waals surface area contributed by atoms with E-state index >= 15 is 0 Å². The standard InChI is InChI=1S/C11H20FNO2/c1-11(12)3-2-4-13(9-11)7-10-8-14-5-6-15-10/h10H,2-9H2,1H3. The molecule has 0 N–H and O–H groups in total. The predicted molar refractivity (Wildman–Crippen MR) is 55.7 cm³/mol. The third-order valence-electron chi connectivity index (χ3n) is 3.07. The second-order valence-corrected chi connectivity index (χ2v) is 4.82. The largest absolute Gasteiger partial charge is 0.376 e. The fourth-order valence-corrected chi connectivity index (χ4v) is 2.38. The van der Waals surface area contributed by atoms with Crippen LogP contribution >= 0.6 is 0 Å². The first-order chi connectivity index (χ1) is 7.16. The zero-order chi connectivity index (χ0) is 10.7. The van der Waals surface area contributed by atoms with E-state index in [1.165, 1.54) is 0 Å². The highest BCUT2D eigenvalue weighted by Crippen LogP contribution is 2.24. The number of halogens is 1. The van der Waals surface area contributed by atoms with Gasteiger partial charge in [-0.3, -0.25) is 4.90 Å². The highest BCUT2D eigenvalue weighted by Gasteiger charge is 2.31. The van der Waals surface area contributed by atoms with Gasteiger partial charge in [-0.1, -0.05) is 0 Å². The van der Waals surface area contributed by atoms with E-state index in [9.17, 15) is 4.39 Å². The first kappa shape index (κ1) is 11.3. The molecule has 4 heteroatoms. The minimum absolute atomic E-state index is 0.132. The molecule has 2 saturated heterocycles. The maximum atomic E-state index is 13.8. The number of hydrogen-bond acceptors (Lipinski definition) is 3. The van der Waals surface area contributed by atoms with E-state index < -0.39 is 5.67 Å². The molecule has 0 aromatic rings. The molecule has 2 atom stereocenters. The van der Waals surface area contributed by atoms with Crippen molar-refractivity contribution in [3.63, 3.8) is 0 Å². The average Bonchev–Trinajstić information content (AvgIpc) is 2.17. The Bertz CT molecular complexity index is 205. The molecular formula is C11H20FNO2. The van der Waals surface area contributed by atoms with Gasteiger partial charge < -0.3 is 9.47 Å². The van der Waals surface area contributed by atoms with Crippen molar-refractivity contribution in [3.8, 4) is 0 Å². The van der Waals surface area contributed by atoms with Crippen LogP contribution < -0.4 is 0 Å². The zero-order valence-corrected chi connectivity index (χ0v) is 9.38. The molecular weight excluding hydrogens is 197 g/mol. The van der Waals surface area contributed by atoms with E-state index in [0.717, 1.165) is 19.5 Å². The van der Waals surface area contributed by atoms with Crippen molar-refractivity contribution in [2.24, 2.45) is 0 Å². The van der Waals surface area contributed by atoms with Crippen LogP contribution in [0.3, 0.4) is 0 Å². The molecule has 0 bridgehead atoms. The maximum absolute atomic E-state index is 13.8. The van der Waals surface area contributed by atoms with Gasteiger partial charge in [0.2, 0.25) is 0 Å². The summed E-state index contributed by atoms with van der Waals surface area (Å²) in [6.45, 7) is 6.03. The summed E-state index contributed by atoms with van der Waals surface area (Å²) in [7, 11) is 0. The fraction of sp³-hybridized carbons (Fsp3) is 1.00. The molecule has 0 aromatic heterocycles. The Morgan fingerprint density at radius 3 is 3.00 bits per heavy atom. The Morgan fingerprint density at radius 1 is 1.47 bits per heavy atom. The molecule has 0 amide bonds. The smallest absolute Gasteiger partial charge is 0.120 e. The summed E-state index contributed by atoms with van der Waals surface area (Å²) in [5.41, 5.74) is -1.02. The lowest BCUT2D eigenvalue weighted by molar-refractivity contribution is -0.103. The van der Waals surface area contributed by atoms with Gasteiger partial charge in [0.05, 0.1) is 25.9 Å². The summed E-state index contributed by atoms with van der Waals surface area (Å²) in [5, 5.41) is 0. The summed E-state index contributed by atoms with van der Waals surface area (Å²) in [6, 6.07) is 0. The average molecular weight is 217 g/mol. The van der Waals surface area contributed by atoms with Crippen LogP contribution in [0.15, 0.2) is 0 Å². The minimum atomic E-state index is -1.02. The molecule has 0 radical (unpaired) electrons. The molecule has 0 aliphatic carbocycles. The zero-order valence-electron chi connectivity index (χ0n) is 9.38. The van der Waals surface area contributed by atoms with E-state index in [-0.39, 0.29) is 6.10 Å². The van der Waals surface area contributed by atoms with Gasteiger partial charge in [0.25, 0.3) is 0 Å². The molecule has 15 heavy (non-hydrogen) atoms. The Morgan fingerprint density at radius 2 is 2.33 bits per heavy atom. The second kappa shape index (κ2) is 4.76. The Kier molecular flexibility index (Phi) is 3.59. The summed E-state index contributed by atoms with van der Waals surface area (Å²) >= 11 is 0. The molecule has 0 saturated carbocycles. The molecule has 0 spiro atoms. The van der Waals surface area contributed by atoms with Crippen LogP contribution in [0.1, 0.15) is 19.8 Å². The van der Waals surface area contributed by atoms with Crippen LogP contribution in [0.25, 0.3) is 0 Å². The number of nitrogens with zero attached hydrogens (tertiary/aromatic N) is 1. The lowest BCUT2D eigenvalue weighted by atomic mass is 9.97. The predicted octanol–water partition coefficient (Wildman–Crippen LogP) is 1.23. The van der Waals surface area contributed by atoms with Crippen LogP contribution in [0.4, 0.5) is 4.39 Å². The Hall–Kier alpha value is -0.190. The monoisotopic (exact) mass is 217 g/mol. The third-order valence-corrected chi connectivity index (χ3v) is 3.07. The van der Waals surface area contributed by atoms with Crippen molar-refractivity contribution >= 4 is 0 Å². The molecule has 2 heterocycles. The fourth-order valence-electron chi connectivity index (χ4n) is 2.38. The van der Waals surface area contributed by atoms with Gasteiger partial charge in [0.15, 0.2) is 0 Å². The number of rotatable bonds is 2. The first-order valence-electron chi connectivity index (χ1n) is 5.76. The molecule has 88 valence electrons. The Labute approximate surface area is 90.5 Å². The highest BCUT2D eigenvalue weighted by molar-refractivity contribution is 4.84. The molecule has 2 rings (SSSR count). The van der Waals surface area contributed by atoms with Crippen LogP contribution in [0.2, 0.25) is 0 Å². The van der Waals surface area contributed by atoms with Gasteiger partial charge in [-0.05, 0) is 26.3 Å². The van der Waals surface area contributed by atoms with Crippen LogP contribution in [0, 0.1) is 0 Å². The second-order valence-electron chi connectivity index (χ2n) is 4.82. The minimum Gasteiger partial charge on any atom is -0.376 e. The van der Waals surface area contributed by atoms with Crippen molar-refractivity contribution in [2.75, 3.05) is 39.5 Å². The first-order valence-corrected chi connectivity index (χ1v) is 5.76. The molecule has 2 aliphatic rings. The summed E-state index contributed by atoms with van der Waals surface area (Å²) < 4.78 is 24.7. The number of hydrogen-bond donors (Lipinski definition) is 0. The Balaban J connectivity index is 1.78. The number of likely N-dealkylation sites (tertiary alicyclic amines) is 1. The lowest BCUT2D eigenvalue weighted by Crippen LogP contribution is -2.48. The lowest BCUT2D eigenvalue weighted by Gasteiger charge is -2.37. The van der Waals surface area contributed by atoms with Crippen molar-refractivity contribution < 1.29 is 13.9 Å². The van der Waals surface area contributed by atoms with Gasteiger partial charge in [0.1, 0.15) is 5.67 Å². The number of alkyl halides is 1. The topological polar surface area (TPSA) is 21.7 Å². The van der Waals surface area contributed by atoms with Crippen LogP contribution in [-0.4, -0.2) is 56.1 Å². The van der Waals surface area contributed by atoms with Gasteiger partial charge in [-0.15, -0.1) is 0 Å². The number of piperidine rings is 1. The van der Waals surface area contributed by atoms with Crippen molar-refractivity contribution in [3.05, 3.63) is 0 Å². The van der Waals surface area contributed by atoms with E-state index in [1.54, 1.807) is 6.92 Å². The summed E-state index contributed by atoms with van der Waals surface area (Å²) in [4.78, 5) is 2.16. The van der Waals surface area contributed by atoms with E-state index in [2.05, 4.69) is 4.90 Å². The normalized spacial score (nSPS) is 39.2. The van der Waals surface area contributed by atoms with Crippen molar-refractivity contribution in [1.82, 2.24) is 4.90 Å². The van der Waals surface area contributed by atoms with Gasteiger partial charge in [-0.2, -0.15) is 0 Å². The maximum Gasteiger partial charge on any atom is 0.120 e. The van der Waals surface area contributed by atoms with Crippen molar-refractivity contribution in [2.45, 2.75) is 31.5 Å². The van der Waals surface area contributed by atoms with Crippen LogP contribution in [0.5, 0.6) is 0 Å². The SMILES string of the molecule is CC1(F)CCCN(CC2COCCO2)C1. The van der Waals surface area contributed by atoms with Gasteiger partial charge in [0, 0.05) is 13.1 Å². The number of ether oxygens (including phenoxy) is 2. The van der Waals surface area contributed by atoms with Crippen molar-refractivity contribution in [1.29, 1.82) is 0 Å². The summed E-state index contributed by atoms with van der Waals surface area (Å²) in [6.07, 6.45) is 1.76. The van der Waals surface area contributed by atoms with E-state index in [0.29, 0.717) is 32.8 Å². The summed E-state index contributed by atoms with van der Waals surface area (Å²) in [5.74, 6) is 0. The highest BCUT2D eigenvalue weighted by atomic mass is 19.1. The molecule has 3 nitrogen and oxygen atoms in total. The van der Waals surface area contributed by atoms with E-state index in [1.807, 2.05) is 0 Å². The van der Waals surface area contributed by atoms with Crippen LogP contribution in [-0.2, 0) is 9.47 Å². The molecule has 2 aliphatic heterocycles. The molecule has 0 aromatic carbocycles. The third kappa shape index (κ3) is 3.40.